The molecule has 2 heterocycles. The largest absolute Gasteiger partial charge is 0.469 e. The maximum Gasteiger partial charge on any atom is 0.324 e. The summed E-state index contributed by atoms with van der Waals surface area (Å²) in [7, 11) is 1.36. The summed E-state index contributed by atoms with van der Waals surface area (Å²) >= 11 is 0.896. The van der Waals surface area contributed by atoms with Crippen molar-refractivity contribution in [3.8, 4) is 0 Å². The van der Waals surface area contributed by atoms with E-state index in [2.05, 4.69) is 9.64 Å². The Hall–Kier alpha value is -2.00. The first-order valence-corrected chi connectivity index (χ1v) is 7.65. The van der Waals surface area contributed by atoms with Crippen LogP contribution in [0.15, 0.2) is 12.1 Å². The first-order chi connectivity index (χ1) is 10.5. The second-order valence-corrected chi connectivity index (χ2v) is 5.92. The fraction of sp³-hybridized carbons (Fsp3) is 0.538. The van der Waals surface area contributed by atoms with Crippen LogP contribution in [0.3, 0.4) is 0 Å². The lowest BCUT2D eigenvalue weighted by atomic mass is 10.2. The Labute approximate surface area is 131 Å². The van der Waals surface area contributed by atoms with Crippen LogP contribution >= 0.6 is 11.3 Å². The van der Waals surface area contributed by atoms with E-state index in [0.717, 1.165) is 11.3 Å². The average molecular weight is 327 g/mol. The van der Waals surface area contributed by atoms with E-state index in [1.165, 1.54) is 19.2 Å². The average Bonchev–Trinajstić information content (AvgIpc) is 3.02. The first-order valence-electron chi connectivity index (χ1n) is 6.84. The topological polar surface area (TPSA) is 93.0 Å². The highest BCUT2D eigenvalue weighted by molar-refractivity contribution is 7.17. The number of nitrogens with zero attached hydrogens (tertiary/aromatic N) is 3. The van der Waals surface area contributed by atoms with Gasteiger partial charge in [-0.3, -0.25) is 24.6 Å². The molecule has 0 saturated carbocycles. The second kappa shape index (κ2) is 7.32. The molecule has 0 aromatic carbocycles. The number of thiophene rings is 1. The maximum atomic E-state index is 12.3. The molecular formula is C13H17N3O5S. The Kier molecular flexibility index (Phi) is 5.45. The third-order valence-electron chi connectivity index (χ3n) is 3.50. The van der Waals surface area contributed by atoms with Gasteiger partial charge < -0.3 is 9.64 Å². The van der Waals surface area contributed by atoms with Crippen LogP contribution in [0.5, 0.6) is 0 Å². The molecule has 120 valence electrons. The Morgan fingerprint density at radius 3 is 2.55 bits per heavy atom. The van der Waals surface area contributed by atoms with E-state index in [4.69, 9.17) is 0 Å². The molecule has 0 spiro atoms. The van der Waals surface area contributed by atoms with Crippen LogP contribution < -0.4 is 0 Å². The summed E-state index contributed by atoms with van der Waals surface area (Å²) in [6.07, 6.45) is 0.335. The number of piperazine rings is 1. The van der Waals surface area contributed by atoms with Gasteiger partial charge in [-0.05, 0) is 6.07 Å². The summed E-state index contributed by atoms with van der Waals surface area (Å²) in [6.45, 7) is 3.06. The molecule has 0 unspecified atom stereocenters. The standard InChI is InChI=1S/C13H17N3O5S/c1-21-12(17)4-5-14-6-8-15(9-7-14)13(18)10-2-3-11(22-10)16(19)20/h2-3H,4-9H2,1H3. The third-order valence-corrected chi connectivity index (χ3v) is 4.53. The number of rotatable bonds is 5. The van der Waals surface area contributed by atoms with Crippen molar-refractivity contribution in [2.24, 2.45) is 0 Å². The summed E-state index contributed by atoms with van der Waals surface area (Å²) in [5.74, 6) is -0.421. The quantitative estimate of drug-likeness (QED) is 0.455. The number of esters is 1. The fourth-order valence-electron chi connectivity index (χ4n) is 2.22. The first kappa shape index (κ1) is 16.4. The molecule has 1 aromatic heterocycles. The van der Waals surface area contributed by atoms with E-state index in [-0.39, 0.29) is 16.9 Å². The number of ether oxygens (including phenoxy) is 1. The van der Waals surface area contributed by atoms with Gasteiger partial charge in [0.1, 0.15) is 0 Å². The molecule has 9 heteroatoms. The summed E-state index contributed by atoms with van der Waals surface area (Å²) in [5.41, 5.74) is 0. The lowest BCUT2D eigenvalue weighted by Crippen LogP contribution is -2.48. The Morgan fingerprint density at radius 1 is 1.32 bits per heavy atom. The number of nitro groups is 1. The summed E-state index contributed by atoms with van der Waals surface area (Å²) in [5, 5.41) is 10.6. The van der Waals surface area contributed by atoms with Gasteiger partial charge in [-0.2, -0.15) is 0 Å². The van der Waals surface area contributed by atoms with Crippen LogP contribution in [0.1, 0.15) is 16.1 Å². The molecule has 2 rings (SSSR count). The van der Waals surface area contributed by atoms with Crippen LogP contribution in [-0.2, 0) is 9.53 Å². The van der Waals surface area contributed by atoms with Gasteiger partial charge in [0, 0.05) is 38.8 Å². The van der Waals surface area contributed by atoms with Crippen molar-refractivity contribution in [1.82, 2.24) is 9.80 Å². The van der Waals surface area contributed by atoms with Crippen molar-refractivity contribution in [1.29, 1.82) is 0 Å². The zero-order valence-corrected chi connectivity index (χ0v) is 13.0. The normalized spacial score (nSPS) is 15.6. The van der Waals surface area contributed by atoms with E-state index in [1.807, 2.05) is 0 Å². The molecule has 1 fully saturated rings. The minimum absolute atomic E-state index is 0.0277. The number of hydrogen-bond acceptors (Lipinski definition) is 7. The number of carbonyl (C=O) groups is 2. The van der Waals surface area contributed by atoms with E-state index in [1.54, 1.807) is 4.90 Å². The van der Waals surface area contributed by atoms with Crippen molar-refractivity contribution in [3.63, 3.8) is 0 Å². The number of amides is 1. The SMILES string of the molecule is COC(=O)CCN1CCN(C(=O)c2ccc([N+](=O)[O-])s2)CC1. The molecule has 1 aliphatic rings. The minimum atomic E-state index is -0.494. The molecule has 0 atom stereocenters. The van der Waals surface area contributed by atoms with Gasteiger partial charge in [0.25, 0.3) is 5.91 Å². The summed E-state index contributed by atoms with van der Waals surface area (Å²) < 4.78 is 4.60. The van der Waals surface area contributed by atoms with Crippen molar-refractivity contribution in [2.75, 3.05) is 39.8 Å². The van der Waals surface area contributed by atoms with E-state index >= 15 is 0 Å². The molecule has 1 aliphatic heterocycles. The van der Waals surface area contributed by atoms with Gasteiger partial charge >= 0.3 is 11.0 Å². The number of carbonyl (C=O) groups excluding carboxylic acids is 2. The second-order valence-electron chi connectivity index (χ2n) is 4.85. The van der Waals surface area contributed by atoms with Crippen molar-refractivity contribution >= 4 is 28.2 Å². The Bertz CT molecular complexity index is 566. The van der Waals surface area contributed by atoms with Gasteiger partial charge in [-0.15, -0.1) is 0 Å². The van der Waals surface area contributed by atoms with Gasteiger partial charge in [-0.1, -0.05) is 11.3 Å². The molecule has 22 heavy (non-hydrogen) atoms. The zero-order chi connectivity index (χ0) is 16.1. The highest BCUT2D eigenvalue weighted by atomic mass is 32.1. The lowest BCUT2D eigenvalue weighted by molar-refractivity contribution is -0.380. The van der Waals surface area contributed by atoms with Crippen molar-refractivity contribution in [3.05, 3.63) is 27.1 Å². The van der Waals surface area contributed by atoms with Gasteiger partial charge in [0.05, 0.1) is 23.3 Å². The predicted octanol–water partition coefficient (Wildman–Crippen LogP) is 0.977. The highest BCUT2D eigenvalue weighted by Gasteiger charge is 2.24. The van der Waals surface area contributed by atoms with Crippen LogP contribution in [0.4, 0.5) is 5.00 Å². The molecule has 1 aromatic rings. The minimum Gasteiger partial charge on any atom is -0.469 e. The predicted molar refractivity (Wildman–Crippen MR) is 79.9 cm³/mol. The molecule has 1 amide bonds. The number of methoxy groups -OCH3 is 1. The highest BCUT2D eigenvalue weighted by Crippen LogP contribution is 2.25. The van der Waals surface area contributed by atoms with Gasteiger partial charge in [0.2, 0.25) is 0 Å². The van der Waals surface area contributed by atoms with Gasteiger partial charge in [0.15, 0.2) is 0 Å². The van der Waals surface area contributed by atoms with Crippen LogP contribution in [0.25, 0.3) is 0 Å². The maximum absolute atomic E-state index is 12.3. The van der Waals surface area contributed by atoms with E-state index in [0.29, 0.717) is 44.0 Å². The number of hydrogen-bond donors (Lipinski definition) is 0. The van der Waals surface area contributed by atoms with E-state index in [9.17, 15) is 19.7 Å². The molecular weight excluding hydrogens is 310 g/mol. The monoisotopic (exact) mass is 327 g/mol. The molecule has 0 bridgehead atoms. The van der Waals surface area contributed by atoms with Crippen molar-refractivity contribution < 1.29 is 19.2 Å². The molecule has 0 N–H and O–H groups in total. The van der Waals surface area contributed by atoms with Crippen LogP contribution in [-0.4, -0.2) is 66.4 Å². The Balaban J connectivity index is 1.84. The third kappa shape index (κ3) is 4.01. The lowest BCUT2D eigenvalue weighted by Gasteiger charge is -2.34. The van der Waals surface area contributed by atoms with Gasteiger partial charge in [-0.25, -0.2) is 0 Å². The molecule has 0 radical (unpaired) electrons. The van der Waals surface area contributed by atoms with E-state index < -0.39 is 4.92 Å². The zero-order valence-electron chi connectivity index (χ0n) is 12.2. The summed E-state index contributed by atoms with van der Waals surface area (Å²) in [6, 6.07) is 2.85. The van der Waals surface area contributed by atoms with Crippen LogP contribution in [0, 0.1) is 10.1 Å². The molecule has 0 aliphatic carbocycles. The molecule has 8 nitrogen and oxygen atoms in total. The smallest absolute Gasteiger partial charge is 0.324 e. The summed E-state index contributed by atoms with van der Waals surface area (Å²) in [4.78, 5) is 37.7. The fourth-order valence-corrected chi connectivity index (χ4v) is 3.01. The molecule has 1 saturated heterocycles. The Morgan fingerprint density at radius 2 is 2.00 bits per heavy atom. The van der Waals surface area contributed by atoms with Crippen molar-refractivity contribution in [2.45, 2.75) is 6.42 Å². The van der Waals surface area contributed by atoms with Crippen LogP contribution in [0.2, 0.25) is 0 Å².